The van der Waals surface area contributed by atoms with Crippen LogP contribution in [0.15, 0.2) is 30.5 Å². The van der Waals surface area contributed by atoms with Gasteiger partial charge in [-0.25, -0.2) is 0 Å². The number of nitrogens with two attached hydrogens (primary N) is 2. The van der Waals surface area contributed by atoms with Gasteiger partial charge in [-0.2, -0.15) is 0 Å². The lowest BCUT2D eigenvalue weighted by molar-refractivity contribution is -0.144. The first-order valence-corrected chi connectivity index (χ1v) is 8.29. The number of benzene rings is 1. The summed E-state index contributed by atoms with van der Waals surface area (Å²) in [7, 11) is 0. The molecule has 6 N–H and O–H groups in total. The van der Waals surface area contributed by atoms with E-state index in [2.05, 4.69) is 4.98 Å². The molecule has 0 radical (unpaired) electrons. The fourth-order valence-electron chi connectivity index (χ4n) is 2.89. The summed E-state index contributed by atoms with van der Waals surface area (Å²) >= 11 is 0. The number of carboxylic acid groups (broad SMARTS) is 1. The number of ketones is 1. The average molecular weight is 331 g/mol. The SMILES string of the molecule is NCCCC[C@H](CC(=O)[C@@H](N)Cc1c[nH]c2ccccc12)C(=O)O. The third-order valence-electron chi connectivity index (χ3n) is 4.33. The van der Waals surface area contributed by atoms with Gasteiger partial charge in [0, 0.05) is 23.5 Å². The van der Waals surface area contributed by atoms with E-state index in [-0.39, 0.29) is 12.2 Å². The maximum atomic E-state index is 12.3. The van der Waals surface area contributed by atoms with Gasteiger partial charge in [-0.05, 0) is 37.4 Å². The molecular weight excluding hydrogens is 306 g/mol. The van der Waals surface area contributed by atoms with Gasteiger partial charge in [0.2, 0.25) is 0 Å². The lowest BCUT2D eigenvalue weighted by Crippen LogP contribution is -2.35. The standard InChI is InChI=1S/C18H25N3O3/c19-8-4-3-5-12(18(23)24)10-17(22)15(20)9-13-11-21-16-7-2-1-6-14(13)16/h1-2,6-7,11-12,15,21H,3-5,8-10,19-20H2,(H,23,24)/t12-,15+/m1/s1. The molecule has 0 unspecified atom stereocenters. The maximum Gasteiger partial charge on any atom is 0.306 e. The van der Waals surface area contributed by atoms with Gasteiger partial charge in [0.05, 0.1) is 12.0 Å². The minimum absolute atomic E-state index is 0.0244. The van der Waals surface area contributed by atoms with Gasteiger partial charge in [-0.15, -0.1) is 0 Å². The lowest BCUT2D eigenvalue weighted by atomic mass is 9.92. The molecule has 0 saturated carbocycles. The van der Waals surface area contributed by atoms with Crippen molar-refractivity contribution in [1.29, 1.82) is 0 Å². The molecule has 6 nitrogen and oxygen atoms in total. The molecule has 0 saturated heterocycles. The average Bonchev–Trinajstić information content (AvgIpc) is 2.97. The Balaban J connectivity index is 1.96. The minimum Gasteiger partial charge on any atom is -0.481 e. The highest BCUT2D eigenvalue weighted by molar-refractivity contribution is 5.89. The van der Waals surface area contributed by atoms with Crippen LogP contribution in [0.4, 0.5) is 0 Å². The van der Waals surface area contributed by atoms with Crippen molar-refractivity contribution in [1.82, 2.24) is 4.98 Å². The van der Waals surface area contributed by atoms with Crippen LogP contribution in [0.5, 0.6) is 0 Å². The number of carboxylic acids is 1. The maximum absolute atomic E-state index is 12.3. The van der Waals surface area contributed by atoms with E-state index in [0.717, 1.165) is 22.9 Å². The molecule has 2 atom stereocenters. The molecule has 0 amide bonds. The second-order valence-electron chi connectivity index (χ2n) is 6.16. The van der Waals surface area contributed by atoms with Gasteiger partial charge >= 0.3 is 5.97 Å². The summed E-state index contributed by atoms with van der Waals surface area (Å²) in [5.41, 5.74) is 13.4. The molecule has 1 heterocycles. The molecular formula is C18H25N3O3. The Morgan fingerprint density at radius 1 is 1.21 bits per heavy atom. The Morgan fingerprint density at radius 3 is 2.67 bits per heavy atom. The third-order valence-corrected chi connectivity index (χ3v) is 4.33. The Morgan fingerprint density at radius 2 is 1.96 bits per heavy atom. The quantitative estimate of drug-likeness (QED) is 0.495. The molecule has 1 aromatic heterocycles. The molecule has 0 aliphatic carbocycles. The lowest BCUT2D eigenvalue weighted by Gasteiger charge is -2.15. The molecule has 2 aromatic rings. The minimum atomic E-state index is -0.945. The van der Waals surface area contributed by atoms with Crippen molar-refractivity contribution in [2.45, 2.75) is 38.1 Å². The van der Waals surface area contributed by atoms with Gasteiger partial charge in [0.15, 0.2) is 5.78 Å². The Bertz CT molecular complexity index is 696. The van der Waals surface area contributed by atoms with E-state index in [0.29, 0.717) is 25.8 Å². The second-order valence-corrected chi connectivity index (χ2v) is 6.16. The van der Waals surface area contributed by atoms with Crippen LogP contribution in [0.3, 0.4) is 0 Å². The largest absolute Gasteiger partial charge is 0.481 e. The molecule has 24 heavy (non-hydrogen) atoms. The number of aliphatic carboxylic acids is 1. The number of fused-ring (bicyclic) bond motifs is 1. The monoisotopic (exact) mass is 331 g/mol. The number of unbranched alkanes of at least 4 members (excludes halogenated alkanes) is 1. The first kappa shape index (κ1) is 18.2. The number of para-hydroxylation sites is 1. The number of hydrogen-bond donors (Lipinski definition) is 4. The number of H-pyrrole nitrogens is 1. The van der Waals surface area contributed by atoms with Crippen molar-refractivity contribution in [2.75, 3.05) is 6.54 Å². The van der Waals surface area contributed by atoms with E-state index in [4.69, 9.17) is 11.5 Å². The van der Waals surface area contributed by atoms with E-state index >= 15 is 0 Å². The number of carbonyl (C=O) groups is 2. The highest BCUT2D eigenvalue weighted by Gasteiger charge is 2.24. The molecule has 2 rings (SSSR count). The number of carbonyl (C=O) groups excluding carboxylic acids is 1. The van der Waals surface area contributed by atoms with E-state index < -0.39 is 17.9 Å². The van der Waals surface area contributed by atoms with Gasteiger partial charge in [0.1, 0.15) is 0 Å². The predicted octanol–water partition coefficient (Wildman–Crippen LogP) is 1.83. The Labute approximate surface area is 141 Å². The highest BCUT2D eigenvalue weighted by Crippen LogP contribution is 2.20. The summed E-state index contributed by atoms with van der Waals surface area (Å²) < 4.78 is 0. The fourth-order valence-corrected chi connectivity index (χ4v) is 2.89. The first-order valence-electron chi connectivity index (χ1n) is 8.29. The molecule has 1 aromatic carbocycles. The van der Waals surface area contributed by atoms with E-state index in [1.54, 1.807) is 0 Å². The molecule has 0 fully saturated rings. The van der Waals surface area contributed by atoms with E-state index in [1.807, 2.05) is 30.5 Å². The molecule has 0 spiro atoms. The summed E-state index contributed by atoms with van der Waals surface area (Å²) in [6, 6.07) is 7.12. The first-order chi connectivity index (χ1) is 11.5. The summed E-state index contributed by atoms with van der Waals surface area (Å²) in [6.07, 6.45) is 4.16. The van der Waals surface area contributed by atoms with Crippen LogP contribution >= 0.6 is 0 Å². The van der Waals surface area contributed by atoms with Crippen molar-refractivity contribution in [3.8, 4) is 0 Å². The van der Waals surface area contributed by atoms with Gasteiger partial charge in [-0.1, -0.05) is 24.6 Å². The second kappa shape index (κ2) is 8.61. The van der Waals surface area contributed by atoms with Crippen LogP contribution in [0, 0.1) is 5.92 Å². The molecule has 0 aliphatic heterocycles. The van der Waals surface area contributed by atoms with Gasteiger partial charge in [-0.3, -0.25) is 9.59 Å². The smallest absolute Gasteiger partial charge is 0.306 e. The molecule has 6 heteroatoms. The van der Waals surface area contributed by atoms with Crippen LogP contribution in [-0.4, -0.2) is 34.4 Å². The summed E-state index contributed by atoms with van der Waals surface area (Å²) in [6.45, 7) is 0.528. The van der Waals surface area contributed by atoms with Crippen LogP contribution in [-0.2, 0) is 16.0 Å². The van der Waals surface area contributed by atoms with Crippen LogP contribution in [0.1, 0.15) is 31.2 Å². The van der Waals surface area contributed by atoms with E-state index in [9.17, 15) is 14.7 Å². The third kappa shape index (κ3) is 4.66. The number of hydrogen-bond acceptors (Lipinski definition) is 4. The summed E-state index contributed by atoms with van der Waals surface area (Å²) in [4.78, 5) is 26.8. The number of rotatable bonds is 10. The number of aromatic amines is 1. The predicted molar refractivity (Wildman–Crippen MR) is 93.6 cm³/mol. The van der Waals surface area contributed by atoms with Gasteiger partial charge < -0.3 is 21.6 Å². The topological polar surface area (TPSA) is 122 Å². The van der Waals surface area contributed by atoms with Crippen molar-refractivity contribution < 1.29 is 14.7 Å². The summed E-state index contributed by atoms with van der Waals surface area (Å²) in [5, 5.41) is 10.3. The van der Waals surface area contributed by atoms with Crippen molar-refractivity contribution >= 4 is 22.7 Å². The van der Waals surface area contributed by atoms with Crippen molar-refractivity contribution in [3.05, 3.63) is 36.0 Å². The van der Waals surface area contributed by atoms with Crippen LogP contribution < -0.4 is 11.5 Å². The molecule has 0 bridgehead atoms. The Kier molecular flexibility index (Phi) is 6.52. The Hall–Kier alpha value is -2.18. The zero-order chi connectivity index (χ0) is 17.5. The van der Waals surface area contributed by atoms with Crippen LogP contribution in [0.2, 0.25) is 0 Å². The number of aromatic nitrogens is 1. The van der Waals surface area contributed by atoms with Crippen molar-refractivity contribution in [2.24, 2.45) is 17.4 Å². The molecule has 130 valence electrons. The number of Topliss-reactive ketones (excluding diaryl/α,β-unsaturated/α-hetero) is 1. The fraction of sp³-hybridized carbons (Fsp3) is 0.444. The summed E-state index contributed by atoms with van der Waals surface area (Å²) in [5.74, 6) is -1.84. The van der Waals surface area contributed by atoms with Crippen molar-refractivity contribution in [3.63, 3.8) is 0 Å². The zero-order valence-corrected chi connectivity index (χ0v) is 13.7. The number of nitrogens with one attached hydrogen (secondary N) is 1. The van der Waals surface area contributed by atoms with E-state index in [1.165, 1.54) is 0 Å². The molecule has 0 aliphatic rings. The van der Waals surface area contributed by atoms with Crippen LogP contribution in [0.25, 0.3) is 10.9 Å². The zero-order valence-electron chi connectivity index (χ0n) is 13.7. The highest BCUT2D eigenvalue weighted by atomic mass is 16.4. The normalized spacial score (nSPS) is 13.8. The van der Waals surface area contributed by atoms with Gasteiger partial charge in [0.25, 0.3) is 0 Å².